The molecular weight excluding hydrogens is 392 g/mol. The van der Waals surface area contributed by atoms with Crippen molar-refractivity contribution < 1.29 is 18.3 Å². The molecule has 3 aromatic rings. The number of benzene rings is 2. The number of ether oxygens (including phenoxy) is 1. The van der Waals surface area contributed by atoms with Crippen LogP contribution in [0.5, 0.6) is 0 Å². The maximum Gasteiger partial charge on any atom is 0.408 e. The van der Waals surface area contributed by atoms with Gasteiger partial charge in [-0.25, -0.2) is 18.6 Å². The zero-order chi connectivity index (χ0) is 22.1. The molecule has 0 aliphatic rings. The first kappa shape index (κ1) is 21.4. The van der Waals surface area contributed by atoms with E-state index in [2.05, 4.69) is 10.3 Å². The molecule has 2 aromatic carbocycles. The Morgan fingerprint density at radius 1 is 1.17 bits per heavy atom. The molecule has 0 aliphatic heterocycles. The summed E-state index contributed by atoms with van der Waals surface area (Å²) in [7, 11) is 0. The first-order valence-corrected chi connectivity index (χ1v) is 9.56. The third-order valence-electron chi connectivity index (χ3n) is 4.32. The van der Waals surface area contributed by atoms with Gasteiger partial charge in [0.2, 0.25) is 0 Å². The average Bonchev–Trinajstić information content (AvgIpc) is 2.63. The number of amides is 1. The molecule has 158 valence electrons. The molecule has 1 amide bonds. The van der Waals surface area contributed by atoms with Crippen LogP contribution < -0.4 is 10.9 Å². The minimum absolute atomic E-state index is 0.0183. The third-order valence-corrected chi connectivity index (χ3v) is 4.32. The van der Waals surface area contributed by atoms with Crippen molar-refractivity contribution in [2.45, 2.75) is 45.8 Å². The minimum Gasteiger partial charge on any atom is -0.444 e. The normalized spacial score (nSPS) is 12.6. The SMILES string of the molecule is CC[C@H](NC(=O)OC(C)(C)C)c1nc2ccccc2c(=O)n1-c1cc(F)cc(F)c1. The molecule has 6 nitrogen and oxygen atoms in total. The fourth-order valence-electron chi connectivity index (χ4n) is 3.10. The van der Waals surface area contributed by atoms with Crippen LogP contribution in [0.4, 0.5) is 13.6 Å². The zero-order valence-corrected chi connectivity index (χ0v) is 17.2. The van der Waals surface area contributed by atoms with Crippen LogP contribution in [0.15, 0.2) is 47.3 Å². The van der Waals surface area contributed by atoms with E-state index >= 15 is 0 Å². The predicted octanol–water partition coefficient (Wildman–Crippen LogP) is 4.64. The summed E-state index contributed by atoms with van der Waals surface area (Å²) >= 11 is 0. The number of nitrogens with zero attached hydrogens (tertiary/aromatic N) is 2. The van der Waals surface area contributed by atoms with Gasteiger partial charge in [-0.05, 0) is 51.5 Å². The Hall–Kier alpha value is -3.29. The first-order valence-electron chi connectivity index (χ1n) is 9.56. The highest BCUT2D eigenvalue weighted by Crippen LogP contribution is 2.22. The number of aromatic nitrogens is 2. The molecule has 3 rings (SSSR count). The summed E-state index contributed by atoms with van der Waals surface area (Å²) in [4.78, 5) is 30.1. The number of rotatable bonds is 4. The number of carbonyl (C=O) groups is 1. The van der Waals surface area contributed by atoms with Gasteiger partial charge in [0.15, 0.2) is 0 Å². The van der Waals surface area contributed by atoms with E-state index in [-0.39, 0.29) is 16.9 Å². The van der Waals surface area contributed by atoms with Crippen molar-refractivity contribution in [3.8, 4) is 5.69 Å². The summed E-state index contributed by atoms with van der Waals surface area (Å²) in [6.07, 6.45) is -0.323. The summed E-state index contributed by atoms with van der Waals surface area (Å²) in [6, 6.07) is 8.74. The summed E-state index contributed by atoms with van der Waals surface area (Å²) in [6.45, 7) is 6.98. The summed E-state index contributed by atoms with van der Waals surface area (Å²) < 4.78 is 34.2. The lowest BCUT2D eigenvalue weighted by atomic mass is 10.1. The Bertz CT molecular complexity index is 1130. The summed E-state index contributed by atoms with van der Waals surface area (Å²) in [5, 5.41) is 2.99. The van der Waals surface area contributed by atoms with E-state index < -0.39 is 34.9 Å². The van der Waals surface area contributed by atoms with Crippen LogP contribution in [-0.4, -0.2) is 21.2 Å². The van der Waals surface area contributed by atoms with E-state index in [1.165, 1.54) is 0 Å². The van der Waals surface area contributed by atoms with Gasteiger partial charge in [0.05, 0.1) is 22.6 Å². The lowest BCUT2D eigenvalue weighted by Crippen LogP contribution is -2.37. The first-order chi connectivity index (χ1) is 14.1. The van der Waals surface area contributed by atoms with E-state index in [1.54, 1.807) is 52.0 Å². The van der Waals surface area contributed by atoms with Gasteiger partial charge in [-0.2, -0.15) is 0 Å². The number of hydrogen-bond acceptors (Lipinski definition) is 4. The number of halogens is 2. The van der Waals surface area contributed by atoms with Gasteiger partial charge in [0.25, 0.3) is 5.56 Å². The maximum absolute atomic E-state index is 13.9. The maximum atomic E-state index is 13.9. The molecule has 8 heteroatoms. The monoisotopic (exact) mass is 415 g/mol. The third kappa shape index (κ3) is 4.64. The molecule has 0 fully saturated rings. The minimum atomic E-state index is -0.829. The highest BCUT2D eigenvalue weighted by atomic mass is 19.1. The molecule has 0 bridgehead atoms. The second-order valence-electron chi connectivity index (χ2n) is 7.86. The van der Waals surface area contributed by atoms with Crippen LogP contribution in [0.3, 0.4) is 0 Å². The number of alkyl carbamates (subject to hydrolysis) is 1. The highest BCUT2D eigenvalue weighted by molar-refractivity contribution is 5.78. The van der Waals surface area contributed by atoms with Crippen molar-refractivity contribution in [1.29, 1.82) is 0 Å². The second kappa shape index (κ2) is 8.22. The van der Waals surface area contributed by atoms with Crippen LogP contribution in [0.1, 0.15) is 46.0 Å². The van der Waals surface area contributed by atoms with Crippen molar-refractivity contribution in [2.24, 2.45) is 0 Å². The highest BCUT2D eigenvalue weighted by Gasteiger charge is 2.25. The molecule has 0 unspecified atom stereocenters. The largest absolute Gasteiger partial charge is 0.444 e. The Balaban J connectivity index is 2.21. The molecule has 1 heterocycles. The fourth-order valence-corrected chi connectivity index (χ4v) is 3.10. The predicted molar refractivity (Wildman–Crippen MR) is 110 cm³/mol. The van der Waals surface area contributed by atoms with Gasteiger partial charge in [-0.15, -0.1) is 0 Å². The van der Waals surface area contributed by atoms with E-state index in [0.717, 1.165) is 22.8 Å². The van der Waals surface area contributed by atoms with E-state index in [0.29, 0.717) is 11.9 Å². The molecule has 30 heavy (non-hydrogen) atoms. The Morgan fingerprint density at radius 2 is 1.80 bits per heavy atom. The standard InChI is InChI=1S/C22H23F2N3O3/c1-5-17(26-21(29)30-22(2,3)4)19-25-18-9-7-6-8-16(18)20(28)27(19)15-11-13(23)10-14(24)12-15/h6-12,17H,5H2,1-4H3,(H,26,29)/t17-/m0/s1. The van der Waals surface area contributed by atoms with Crippen LogP contribution >= 0.6 is 0 Å². The quantitative estimate of drug-likeness (QED) is 0.674. The molecule has 0 aliphatic carbocycles. The molecule has 1 aromatic heterocycles. The van der Waals surface area contributed by atoms with E-state index in [1.807, 2.05) is 0 Å². The molecule has 0 saturated carbocycles. The van der Waals surface area contributed by atoms with Crippen LogP contribution in [-0.2, 0) is 4.74 Å². The van der Waals surface area contributed by atoms with Crippen molar-refractivity contribution in [1.82, 2.24) is 14.9 Å². The van der Waals surface area contributed by atoms with Crippen molar-refractivity contribution >= 4 is 17.0 Å². The van der Waals surface area contributed by atoms with E-state index in [9.17, 15) is 18.4 Å². The molecule has 1 atom stereocenters. The van der Waals surface area contributed by atoms with Gasteiger partial charge >= 0.3 is 6.09 Å². The van der Waals surface area contributed by atoms with Gasteiger partial charge in [-0.1, -0.05) is 19.1 Å². The number of fused-ring (bicyclic) bond motifs is 1. The molecular formula is C22H23F2N3O3. The Kier molecular flexibility index (Phi) is 5.87. The second-order valence-corrected chi connectivity index (χ2v) is 7.86. The van der Waals surface area contributed by atoms with Crippen LogP contribution in [0.2, 0.25) is 0 Å². The van der Waals surface area contributed by atoms with Gasteiger partial charge < -0.3 is 10.1 Å². The van der Waals surface area contributed by atoms with Crippen molar-refractivity contribution in [3.05, 3.63) is 70.3 Å². The summed E-state index contributed by atoms with van der Waals surface area (Å²) in [5.41, 5.74) is -0.819. The lowest BCUT2D eigenvalue weighted by molar-refractivity contribution is 0.0499. The lowest BCUT2D eigenvalue weighted by Gasteiger charge is -2.24. The topological polar surface area (TPSA) is 73.2 Å². The van der Waals surface area contributed by atoms with Crippen LogP contribution in [0, 0.1) is 11.6 Å². The van der Waals surface area contributed by atoms with Gasteiger partial charge in [0, 0.05) is 6.07 Å². The number of nitrogens with one attached hydrogen (secondary N) is 1. The average molecular weight is 415 g/mol. The molecule has 1 N–H and O–H groups in total. The Morgan fingerprint density at radius 3 is 2.40 bits per heavy atom. The smallest absolute Gasteiger partial charge is 0.408 e. The van der Waals surface area contributed by atoms with Crippen LogP contribution in [0.25, 0.3) is 16.6 Å². The van der Waals surface area contributed by atoms with E-state index in [4.69, 9.17) is 4.74 Å². The molecule has 0 spiro atoms. The summed E-state index contributed by atoms with van der Waals surface area (Å²) in [5.74, 6) is -1.51. The van der Waals surface area contributed by atoms with Gasteiger partial charge in [-0.3, -0.25) is 9.36 Å². The molecule has 0 radical (unpaired) electrons. The fraction of sp³-hybridized carbons (Fsp3) is 0.318. The number of hydrogen-bond donors (Lipinski definition) is 1. The molecule has 0 saturated heterocycles. The van der Waals surface area contributed by atoms with Crippen molar-refractivity contribution in [3.63, 3.8) is 0 Å². The zero-order valence-electron chi connectivity index (χ0n) is 17.2. The van der Waals surface area contributed by atoms with Gasteiger partial charge in [0.1, 0.15) is 23.1 Å². The number of para-hydroxylation sites is 1. The number of carbonyl (C=O) groups excluding carboxylic acids is 1. The van der Waals surface area contributed by atoms with Crippen molar-refractivity contribution in [2.75, 3.05) is 0 Å². The Labute approximate surface area is 172 Å².